The van der Waals surface area contributed by atoms with E-state index < -0.39 is 4.92 Å². The Kier molecular flexibility index (Phi) is 1.73. The number of hydrogen-bond donors (Lipinski definition) is 0. The van der Waals surface area contributed by atoms with E-state index in [0.717, 1.165) is 6.42 Å². The minimum absolute atomic E-state index is 0.154. The average molecular weight is 197 g/mol. The molecule has 1 aromatic rings. The molecule has 1 aliphatic heterocycles. The highest BCUT2D eigenvalue weighted by molar-refractivity contribution is 5.23. The normalized spacial score (nSPS) is 24.4. The zero-order valence-corrected chi connectivity index (χ0v) is 8.06. The maximum absolute atomic E-state index is 10.4. The van der Waals surface area contributed by atoms with Gasteiger partial charge in [0.05, 0.1) is 6.54 Å². The first-order valence-corrected chi connectivity index (χ1v) is 4.45. The molecule has 1 atom stereocenters. The lowest BCUT2D eigenvalue weighted by Crippen LogP contribution is -2.30. The fourth-order valence-corrected chi connectivity index (χ4v) is 1.47. The van der Waals surface area contributed by atoms with Crippen LogP contribution in [0.4, 0.5) is 5.82 Å². The van der Waals surface area contributed by atoms with Crippen LogP contribution in [0.5, 0.6) is 6.01 Å². The number of fused-ring (bicyclic) bond motifs is 1. The lowest BCUT2D eigenvalue weighted by molar-refractivity contribution is -0.389. The molecule has 0 radical (unpaired) electrons. The van der Waals surface area contributed by atoms with Crippen LogP contribution in [0.15, 0.2) is 6.20 Å². The van der Waals surface area contributed by atoms with Crippen molar-refractivity contribution in [1.82, 2.24) is 9.55 Å². The Bertz CT molecular complexity index is 362. The van der Waals surface area contributed by atoms with Crippen LogP contribution in [0.2, 0.25) is 0 Å². The molecular weight excluding hydrogens is 186 g/mol. The quantitative estimate of drug-likeness (QED) is 0.530. The van der Waals surface area contributed by atoms with Crippen LogP contribution in [0.1, 0.15) is 20.3 Å². The number of nitro groups is 1. The van der Waals surface area contributed by atoms with Crippen LogP contribution in [-0.4, -0.2) is 20.1 Å². The Morgan fingerprint density at radius 1 is 1.86 bits per heavy atom. The molecule has 2 heterocycles. The SMILES string of the molecule is CC[C@@]1(C)Cn2cc([N+](=O)[O-])nc2O1. The lowest BCUT2D eigenvalue weighted by Gasteiger charge is -2.18. The summed E-state index contributed by atoms with van der Waals surface area (Å²) in [5.41, 5.74) is -0.266. The Morgan fingerprint density at radius 3 is 3.07 bits per heavy atom. The Labute approximate surface area is 80.7 Å². The molecule has 2 rings (SSSR count). The van der Waals surface area contributed by atoms with Crippen LogP contribution >= 0.6 is 0 Å². The molecule has 1 aliphatic rings. The number of imidazole rings is 1. The van der Waals surface area contributed by atoms with E-state index in [1.807, 2.05) is 13.8 Å². The van der Waals surface area contributed by atoms with Crippen LogP contribution < -0.4 is 4.74 Å². The molecule has 0 unspecified atom stereocenters. The van der Waals surface area contributed by atoms with Crippen molar-refractivity contribution in [3.8, 4) is 6.01 Å². The third-order valence-electron chi connectivity index (χ3n) is 2.50. The molecule has 76 valence electrons. The van der Waals surface area contributed by atoms with Crippen LogP contribution in [0.25, 0.3) is 0 Å². The minimum atomic E-state index is -0.516. The molecule has 0 N–H and O–H groups in total. The van der Waals surface area contributed by atoms with E-state index in [1.54, 1.807) is 4.57 Å². The summed E-state index contributed by atoms with van der Waals surface area (Å²) in [6, 6.07) is 0.348. The third kappa shape index (κ3) is 1.23. The molecule has 0 amide bonds. The van der Waals surface area contributed by atoms with Gasteiger partial charge in [-0.25, -0.2) is 0 Å². The molecule has 0 bridgehead atoms. The highest BCUT2D eigenvalue weighted by Crippen LogP contribution is 2.32. The Morgan fingerprint density at radius 2 is 2.57 bits per heavy atom. The van der Waals surface area contributed by atoms with Crippen molar-refractivity contribution >= 4 is 5.82 Å². The molecule has 14 heavy (non-hydrogen) atoms. The zero-order valence-electron chi connectivity index (χ0n) is 8.06. The van der Waals surface area contributed by atoms with Crippen molar-refractivity contribution in [3.63, 3.8) is 0 Å². The first kappa shape index (κ1) is 8.98. The first-order valence-electron chi connectivity index (χ1n) is 4.45. The second-order valence-electron chi connectivity index (χ2n) is 3.67. The molecular formula is C8H11N3O3. The largest absolute Gasteiger partial charge is 0.438 e. The highest BCUT2D eigenvalue weighted by Gasteiger charge is 2.38. The predicted octanol–water partition coefficient (Wildman–Crippen LogP) is 1.35. The van der Waals surface area contributed by atoms with E-state index in [2.05, 4.69) is 4.98 Å². The van der Waals surface area contributed by atoms with E-state index in [1.165, 1.54) is 6.20 Å². The molecule has 0 aromatic carbocycles. The minimum Gasteiger partial charge on any atom is -0.438 e. The van der Waals surface area contributed by atoms with E-state index in [4.69, 9.17) is 4.74 Å². The van der Waals surface area contributed by atoms with Gasteiger partial charge in [0.15, 0.2) is 0 Å². The van der Waals surface area contributed by atoms with Gasteiger partial charge in [-0.15, -0.1) is 0 Å². The fraction of sp³-hybridized carbons (Fsp3) is 0.625. The second-order valence-corrected chi connectivity index (χ2v) is 3.67. The summed E-state index contributed by atoms with van der Waals surface area (Å²) in [7, 11) is 0. The van der Waals surface area contributed by atoms with Gasteiger partial charge >= 0.3 is 11.8 Å². The van der Waals surface area contributed by atoms with Crippen molar-refractivity contribution in [3.05, 3.63) is 16.3 Å². The van der Waals surface area contributed by atoms with Gasteiger partial charge in [-0.05, 0) is 18.3 Å². The zero-order chi connectivity index (χ0) is 10.3. The molecule has 0 fully saturated rings. The number of nitrogens with zero attached hydrogens (tertiary/aromatic N) is 3. The van der Waals surface area contributed by atoms with Gasteiger partial charge in [-0.1, -0.05) is 6.92 Å². The second kappa shape index (κ2) is 2.70. The van der Waals surface area contributed by atoms with Crippen molar-refractivity contribution in [2.45, 2.75) is 32.4 Å². The summed E-state index contributed by atoms with van der Waals surface area (Å²) < 4.78 is 7.20. The van der Waals surface area contributed by atoms with E-state index in [-0.39, 0.29) is 11.4 Å². The van der Waals surface area contributed by atoms with Gasteiger partial charge < -0.3 is 14.9 Å². The maximum Gasteiger partial charge on any atom is 0.414 e. The number of rotatable bonds is 2. The Balaban J connectivity index is 2.28. The number of ether oxygens (including phenoxy) is 1. The molecule has 0 saturated carbocycles. The summed E-state index contributed by atoms with van der Waals surface area (Å²) in [4.78, 5) is 13.7. The number of hydrogen-bond acceptors (Lipinski definition) is 4. The summed E-state index contributed by atoms with van der Waals surface area (Å²) in [5, 5.41) is 10.4. The van der Waals surface area contributed by atoms with Crippen molar-refractivity contribution in [2.24, 2.45) is 0 Å². The molecule has 0 aliphatic carbocycles. The standard InChI is InChI=1S/C8H11N3O3/c1-3-8(2)5-10-4-6(11(12)13)9-7(10)14-8/h4H,3,5H2,1-2H3/t8-/m0/s1. The summed E-state index contributed by atoms with van der Waals surface area (Å²) in [6.07, 6.45) is 2.26. The molecule has 0 spiro atoms. The smallest absolute Gasteiger partial charge is 0.414 e. The molecule has 1 aromatic heterocycles. The topological polar surface area (TPSA) is 70.2 Å². The van der Waals surface area contributed by atoms with Crippen LogP contribution in [0, 0.1) is 10.1 Å². The summed E-state index contributed by atoms with van der Waals surface area (Å²) in [6.45, 7) is 4.61. The van der Waals surface area contributed by atoms with Gasteiger partial charge in [-0.3, -0.25) is 4.57 Å². The maximum atomic E-state index is 10.4. The van der Waals surface area contributed by atoms with Gasteiger partial charge in [0.25, 0.3) is 0 Å². The molecule has 6 nitrogen and oxygen atoms in total. The molecule has 0 saturated heterocycles. The van der Waals surface area contributed by atoms with Gasteiger partial charge in [0.2, 0.25) is 0 Å². The lowest BCUT2D eigenvalue weighted by atomic mass is 10.0. The van der Waals surface area contributed by atoms with Crippen molar-refractivity contribution < 1.29 is 9.66 Å². The average Bonchev–Trinajstić information content (AvgIpc) is 2.59. The van der Waals surface area contributed by atoms with E-state index >= 15 is 0 Å². The van der Waals surface area contributed by atoms with Gasteiger partial charge in [-0.2, -0.15) is 0 Å². The van der Waals surface area contributed by atoms with E-state index in [9.17, 15) is 10.1 Å². The highest BCUT2D eigenvalue weighted by atomic mass is 16.6. The fourth-order valence-electron chi connectivity index (χ4n) is 1.47. The summed E-state index contributed by atoms with van der Waals surface area (Å²) >= 11 is 0. The van der Waals surface area contributed by atoms with Crippen LogP contribution in [0.3, 0.4) is 0 Å². The van der Waals surface area contributed by atoms with Gasteiger partial charge in [0.1, 0.15) is 11.8 Å². The monoisotopic (exact) mass is 197 g/mol. The van der Waals surface area contributed by atoms with Crippen molar-refractivity contribution in [1.29, 1.82) is 0 Å². The summed E-state index contributed by atoms with van der Waals surface area (Å²) in [5.74, 6) is -0.154. The molecule has 6 heteroatoms. The Hall–Kier alpha value is -1.59. The predicted molar refractivity (Wildman–Crippen MR) is 48.2 cm³/mol. The van der Waals surface area contributed by atoms with Crippen molar-refractivity contribution in [2.75, 3.05) is 0 Å². The number of aromatic nitrogens is 2. The third-order valence-corrected chi connectivity index (χ3v) is 2.50. The van der Waals surface area contributed by atoms with Gasteiger partial charge in [0, 0.05) is 4.98 Å². The first-order chi connectivity index (χ1) is 6.54. The van der Waals surface area contributed by atoms with E-state index in [0.29, 0.717) is 12.6 Å². The van der Waals surface area contributed by atoms with Crippen LogP contribution in [-0.2, 0) is 6.54 Å².